The van der Waals surface area contributed by atoms with Gasteiger partial charge in [-0.15, -0.1) is 0 Å². The Morgan fingerprint density at radius 1 is 1.59 bits per heavy atom. The van der Waals surface area contributed by atoms with Crippen molar-refractivity contribution < 1.29 is 13.7 Å². The molecular formula is C11H22N2O3S. The van der Waals surface area contributed by atoms with Gasteiger partial charge in [0.2, 0.25) is 5.91 Å². The lowest BCUT2D eigenvalue weighted by Crippen LogP contribution is -2.39. The monoisotopic (exact) mass is 262 g/mol. The number of carbonyl (C=O) groups excluding carboxylic acids is 1. The summed E-state index contributed by atoms with van der Waals surface area (Å²) in [6.07, 6.45) is 0.927. The summed E-state index contributed by atoms with van der Waals surface area (Å²) >= 11 is 0. The summed E-state index contributed by atoms with van der Waals surface area (Å²) < 4.78 is 17.0. The number of nitrogens with one attached hydrogen (secondary N) is 1. The summed E-state index contributed by atoms with van der Waals surface area (Å²) in [5.41, 5.74) is 5.95. The molecule has 0 saturated carbocycles. The minimum atomic E-state index is -1.19. The van der Waals surface area contributed by atoms with Gasteiger partial charge in [-0.2, -0.15) is 0 Å². The fourth-order valence-electron chi connectivity index (χ4n) is 1.81. The second kappa shape index (κ2) is 7.08. The number of rotatable bonds is 6. The largest absolute Gasteiger partial charge is 0.381 e. The number of carbonyl (C=O) groups is 1. The van der Waals surface area contributed by atoms with Crippen LogP contribution >= 0.6 is 0 Å². The summed E-state index contributed by atoms with van der Waals surface area (Å²) in [5, 5.41) is 2.72. The molecule has 3 atom stereocenters. The first kappa shape index (κ1) is 14.6. The van der Waals surface area contributed by atoms with Gasteiger partial charge < -0.3 is 15.8 Å². The smallest absolute Gasteiger partial charge is 0.232 e. The predicted molar refractivity (Wildman–Crippen MR) is 68.1 cm³/mol. The van der Waals surface area contributed by atoms with Gasteiger partial charge in [0.1, 0.15) is 5.75 Å². The Kier molecular flexibility index (Phi) is 6.08. The van der Waals surface area contributed by atoms with Crippen LogP contribution in [0, 0.1) is 5.92 Å². The first-order chi connectivity index (χ1) is 7.99. The fourth-order valence-corrected chi connectivity index (χ4v) is 3.01. The average Bonchev–Trinajstić information content (AvgIpc) is 2.67. The first-order valence-electron chi connectivity index (χ1n) is 5.96. The maximum absolute atomic E-state index is 11.7. The van der Waals surface area contributed by atoms with Crippen LogP contribution < -0.4 is 11.1 Å². The highest BCUT2D eigenvalue weighted by molar-refractivity contribution is 7.85. The molecule has 5 nitrogen and oxygen atoms in total. The van der Waals surface area contributed by atoms with Gasteiger partial charge in [0.25, 0.3) is 0 Å². The van der Waals surface area contributed by atoms with E-state index in [-0.39, 0.29) is 29.7 Å². The lowest BCUT2D eigenvalue weighted by Gasteiger charge is -2.17. The molecule has 17 heavy (non-hydrogen) atoms. The number of ether oxygens (including phenoxy) is 1. The van der Waals surface area contributed by atoms with Crippen molar-refractivity contribution in [3.63, 3.8) is 0 Å². The van der Waals surface area contributed by atoms with Crippen molar-refractivity contribution in [2.75, 3.05) is 24.7 Å². The second-order valence-electron chi connectivity index (χ2n) is 4.76. The second-order valence-corrected chi connectivity index (χ2v) is 6.26. The highest BCUT2D eigenvalue weighted by atomic mass is 32.2. The molecule has 1 aliphatic rings. The van der Waals surface area contributed by atoms with Gasteiger partial charge in [-0.1, -0.05) is 0 Å². The lowest BCUT2D eigenvalue weighted by atomic mass is 10.0. The maximum atomic E-state index is 11.7. The molecule has 100 valence electrons. The van der Waals surface area contributed by atoms with Gasteiger partial charge in [-0.3, -0.25) is 9.00 Å². The van der Waals surface area contributed by atoms with Crippen molar-refractivity contribution in [2.24, 2.45) is 11.7 Å². The Bertz CT molecular complexity index is 278. The molecular weight excluding hydrogens is 240 g/mol. The summed E-state index contributed by atoms with van der Waals surface area (Å²) in [6.45, 7) is 5.14. The average molecular weight is 262 g/mol. The topological polar surface area (TPSA) is 81.4 Å². The Balaban J connectivity index is 2.26. The van der Waals surface area contributed by atoms with Gasteiger partial charge >= 0.3 is 0 Å². The van der Waals surface area contributed by atoms with Gasteiger partial charge in [0.15, 0.2) is 0 Å². The number of nitrogens with two attached hydrogens (primary N) is 1. The normalized spacial score (nSPS) is 23.6. The molecule has 1 heterocycles. The van der Waals surface area contributed by atoms with Crippen LogP contribution in [-0.4, -0.2) is 46.9 Å². The molecule has 0 aromatic heterocycles. The zero-order valence-corrected chi connectivity index (χ0v) is 11.3. The van der Waals surface area contributed by atoms with Crippen LogP contribution in [0.1, 0.15) is 20.3 Å². The molecule has 6 heteroatoms. The Morgan fingerprint density at radius 3 is 2.82 bits per heavy atom. The quantitative estimate of drug-likeness (QED) is 0.684. The summed E-state index contributed by atoms with van der Waals surface area (Å²) in [5.74, 6) is 0.527. The van der Waals surface area contributed by atoms with E-state index in [1.807, 2.05) is 13.8 Å². The van der Waals surface area contributed by atoms with E-state index in [9.17, 15) is 9.00 Å². The SMILES string of the molecule is CC(C)NC(=O)CS(=O)CC(N)C1CCOC1. The van der Waals surface area contributed by atoms with Crippen LogP contribution in [0.3, 0.4) is 0 Å². The van der Waals surface area contributed by atoms with Gasteiger partial charge in [-0.25, -0.2) is 0 Å². The van der Waals surface area contributed by atoms with E-state index in [0.717, 1.165) is 13.0 Å². The molecule has 1 rings (SSSR count). The molecule has 0 aromatic carbocycles. The Hall–Kier alpha value is -0.460. The molecule has 0 radical (unpaired) electrons. The Labute approximate surface area is 105 Å². The zero-order valence-electron chi connectivity index (χ0n) is 10.5. The summed E-state index contributed by atoms with van der Waals surface area (Å²) in [7, 11) is -1.19. The van der Waals surface area contributed by atoms with Crippen LogP contribution in [0.5, 0.6) is 0 Å². The van der Waals surface area contributed by atoms with Crippen LogP contribution in [0.4, 0.5) is 0 Å². The molecule has 1 saturated heterocycles. The number of amides is 1. The highest BCUT2D eigenvalue weighted by Gasteiger charge is 2.24. The maximum Gasteiger partial charge on any atom is 0.232 e. The summed E-state index contributed by atoms with van der Waals surface area (Å²) in [6, 6.07) is -0.0541. The third kappa shape index (κ3) is 5.61. The van der Waals surface area contributed by atoms with Crippen molar-refractivity contribution in [2.45, 2.75) is 32.4 Å². The third-order valence-electron chi connectivity index (χ3n) is 2.69. The van der Waals surface area contributed by atoms with Crippen LogP contribution in [0.15, 0.2) is 0 Å². The van der Waals surface area contributed by atoms with Crippen molar-refractivity contribution in [1.29, 1.82) is 0 Å². The molecule has 3 unspecified atom stereocenters. The fraction of sp³-hybridized carbons (Fsp3) is 0.909. The zero-order chi connectivity index (χ0) is 12.8. The van der Waals surface area contributed by atoms with Gasteiger partial charge in [-0.05, 0) is 20.3 Å². The number of hydrogen-bond acceptors (Lipinski definition) is 4. The van der Waals surface area contributed by atoms with E-state index in [1.165, 1.54) is 0 Å². The molecule has 1 amide bonds. The highest BCUT2D eigenvalue weighted by Crippen LogP contribution is 2.15. The first-order valence-corrected chi connectivity index (χ1v) is 7.45. The summed E-state index contributed by atoms with van der Waals surface area (Å²) in [4.78, 5) is 11.4. The van der Waals surface area contributed by atoms with Crippen molar-refractivity contribution >= 4 is 16.7 Å². The van der Waals surface area contributed by atoms with E-state index in [0.29, 0.717) is 12.4 Å². The molecule has 0 spiro atoms. The van der Waals surface area contributed by atoms with Crippen molar-refractivity contribution in [3.8, 4) is 0 Å². The third-order valence-corrected chi connectivity index (χ3v) is 4.03. The van der Waals surface area contributed by atoms with E-state index in [2.05, 4.69) is 5.32 Å². The molecule has 1 aliphatic heterocycles. The molecule has 0 bridgehead atoms. The van der Waals surface area contributed by atoms with Crippen molar-refractivity contribution in [3.05, 3.63) is 0 Å². The van der Waals surface area contributed by atoms with E-state index in [1.54, 1.807) is 0 Å². The van der Waals surface area contributed by atoms with Gasteiger partial charge in [0, 0.05) is 41.2 Å². The van der Waals surface area contributed by atoms with Crippen LogP contribution in [0.25, 0.3) is 0 Å². The number of hydrogen-bond donors (Lipinski definition) is 2. The standard InChI is InChI=1S/C11H22N2O3S/c1-8(2)13-11(14)7-17(15)6-10(12)9-3-4-16-5-9/h8-10H,3-7,12H2,1-2H3,(H,13,14). The minimum absolute atomic E-state index is 0.0411. The van der Waals surface area contributed by atoms with Crippen LogP contribution in [-0.2, 0) is 20.3 Å². The van der Waals surface area contributed by atoms with E-state index in [4.69, 9.17) is 10.5 Å². The molecule has 0 aromatic rings. The lowest BCUT2D eigenvalue weighted by molar-refractivity contribution is -0.119. The molecule has 0 aliphatic carbocycles. The van der Waals surface area contributed by atoms with E-state index >= 15 is 0 Å². The van der Waals surface area contributed by atoms with E-state index < -0.39 is 10.8 Å². The van der Waals surface area contributed by atoms with Crippen LogP contribution in [0.2, 0.25) is 0 Å². The molecule has 3 N–H and O–H groups in total. The minimum Gasteiger partial charge on any atom is -0.381 e. The molecule has 1 fully saturated rings. The van der Waals surface area contributed by atoms with Gasteiger partial charge in [0.05, 0.1) is 6.61 Å². The predicted octanol–water partition coefficient (Wildman–Crippen LogP) is -0.376. The Morgan fingerprint density at radius 2 is 2.29 bits per heavy atom. The van der Waals surface area contributed by atoms with Crippen molar-refractivity contribution in [1.82, 2.24) is 5.32 Å².